The minimum Gasteiger partial charge on any atom is -0.359 e. The lowest BCUT2D eigenvalue weighted by Gasteiger charge is -2.12. The molecule has 0 unspecified atom stereocenters. The van der Waals surface area contributed by atoms with E-state index in [9.17, 15) is 10.1 Å². The first-order valence-electron chi connectivity index (χ1n) is 5.57. The van der Waals surface area contributed by atoms with E-state index in [4.69, 9.17) is 0 Å². The zero-order valence-corrected chi connectivity index (χ0v) is 9.86. The second kappa shape index (κ2) is 4.15. The SMILES string of the molecule is CCNc1ncc([N+](=O)[O-])c(NC2(C)CC2)n1. The van der Waals surface area contributed by atoms with Gasteiger partial charge < -0.3 is 10.6 Å². The molecule has 0 amide bonds. The number of anilines is 2. The summed E-state index contributed by atoms with van der Waals surface area (Å²) in [7, 11) is 0. The van der Waals surface area contributed by atoms with Gasteiger partial charge in [0.2, 0.25) is 11.8 Å². The zero-order chi connectivity index (χ0) is 12.5. The van der Waals surface area contributed by atoms with E-state index in [0.717, 1.165) is 12.8 Å². The number of nitrogens with zero attached hydrogens (tertiary/aromatic N) is 3. The highest BCUT2D eigenvalue weighted by atomic mass is 16.6. The lowest BCUT2D eigenvalue weighted by molar-refractivity contribution is -0.384. The van der Waals surface area contributed by atoms with Gasteiger partial charge >= 0.3 is 5.69 Å². The second-order valence-corrected chi connectivity index (χ2v) is 4.40. The lowest BCUT2D eigenvalue weighted by atomic mass is 10.3. The van der Waals surface area contributed by atoms with Gasteiger partial charge in [-0.05, 0) is 26.7 Å². The average Bonchev–Trinajstić information content (AvgIpc) is 2.96. The van der Waals surface area contributed by atoms with Crippen LogP contribution in [0.25, 0.3) is 0 Å². The van der Waals surface area contributed by atoms with Crippen molar-refractivity contribution in [3.63, 3.8) is 0 Å². The molecule has 1 aliphatic carbocycles. The molecular formula is C10H15N5O2. The van der Waals surface area contributed by atoms with Gasteiger partial charge in [-0.2, -0.15) is 4.98 Å². The van der Waals surface area contributed by atoms with E-state index in [0.29, 0.717) is 18.3 Å². The van der Waals surface area contributed by atoms with Crippen LogP contribution in [-0.4, -0.2) is 27.0 Å². The van der Waals surface area contributed by atoms with Gasteiger partial charge in [0.1, 0.15) is 6.20 Å². The molecule has 2 rings (SSSR count). The third-order valence-corrected chi connectivity index (χ3v) is 2.72. The Balaban J connectivity index is 2.29. The monoisotopic (exact) mass is 237 g/mol. The fourth-order valence-corrected chi connectivity index (χ4v) is 1.44. The molecule has 17 heavy (non-hydrogen) atoms. The fraction of sp³-hybridized carbons (Fsp3) is 0.600. The molecule has 0 aliphatic heterocycles. The standard InChI is InChI=1S/C10H15N5O2/c1-3-11-9-12-6-7(15(16)17)8(13-9)14-10(2)4-5-10/h6H,3-5H2,1-2H3,(H2,11,12,13,14). The Hall–Kier alpha value is -1.92. The van der Waals surface area contributed by atoms with Crippen LogP contribution < -0.4 is 10.6 Å². The van der Waals surface area contributed by atoms with Crippen molar-refractivity contribution in [2.75, 3.05) is 17.2 Å². The third-order valence-electron chi connectivity index (χ3n) is 2.72. The largest absolute Gasteiger partial charge is 0.359 e. The number of rotatable bonds is 5. The van der Waals surface area contributed by atoms with E-state index in [1.807, 2.05) is 13.8 Å². The third kappa shape index (κ3) is 2.61. The van der Waals surface area contributed by atoms with Crippen LogP contribution in [0, 0.1) is 10.1 Å². The predicted octanol–water partition coefficient (Wildman–Crippen LogP) is 1.78. The van der Waals surface area contributed by atoms with Crippen LogP contribution in [0.5, 0.6) is 0 Å². The van der Waals surface area contributed by atoms with Gasteiger partial charge in [0.25, 0.3) is 0 Å². The van der Waals surface area contributed by atoms with Gasteiger partial charge in [0.05, 0.1) is 4.92 Å². The summed E-state index contributed by atoms with van der Waals surface area (Å²) in [4.78, 5) is 18.4. The van der Waals surface area contributed by atoms with Crippen LogP contribution in [-0.2, 0) is 0 Å². The van der Waals surface area contributed by atoms with E-state index in [-0.39, 0.29) is 11.2 Å². The van der Waals surface area contributed by atoms with E-state index < -0.39 is 4.92 Å². The van der Waals surface area contributed by atoms with Gasteiger partial charge in [0, 0.05) is 12.1 Å². The van der Waals surface area contributed by atoms with Crippen molar-refractivity contribution < 1.29 is 4.92 Å². The van der Waals surface area contributed by atoms with Crippen LogP contribution in [0.1, 0.15) is 26.7 Å². The normalized spacial score (nSPS) is 16.4. The summed E-state index contributed by atoms with van der Waals surface area (Å²) in [5, 5.41) is 16.9. The Morgan fingerprint density at radius 2 is 2.29 bits per heavy atom. The molecular weight excluding hydrogens is 222 g/mol. The molecule has 0 bridgehead atoms. The first-order chi connectivity index (χ1) is 8.04. The molecule has 1 saturated carbocycles. The Kier molecular flexibility index (Phi) is 2.83. The molecule has 0 radical (unpaired) electrons. The zero-order valence-electron chi connectivity index (χ0n) is 9.86. The fourth-order valence-electron chi connectivity index (χ4n) is 1.44. The first-order valence-corrected chi connectivity index (χ1v) is 5.57. The topological polar surface area (TPSA) is 93.0 Å². The van der Waals surface area contributed by atoms with Crippen LogP contribution in [0.3, 0.4) is 0 Å². The number of nitrogens with one attached hydrogen (secondary N) is 2. The summed E-state index contributed by atoms with van der Waals surface area (Å²) in [6.07, 6.45) is 3.24. The second-order valence-electron chi connectivity index (χ2n) is 4.40. The molecule has 1 aromatic heterocycles. The number of aromatic nitrogens is 2. The maximum absolute atomic E-state index is 10.9. The summed E-state index contributed by atoms with van der Waals surface area (Å²) >= 11 is 0. The van der Waals surface area contributed by atoms with Crippen molar-refractivity contribution in [2.24, 2.45) is 0 Å². The van der Waals surface area contributed by atoms with Gasteiger partial charge in [-0.3, -0.25) is 10.1 Å². The molecule has 1 fully saturated rings. The summed E-state index contributed by atoms with van der Waals surface area (Å²) in [5.74, 6) is 0.700. The van der Waals surface area contributed by atoms with Crippen molar-refractivity contribution in [3.05, 3.63) is 16.3 Å². The highest BCUT2D eigenvalue weighted by Crippen LogP contribution is 2.39. The predicted molar refractivity (Wildman–Crippen MR) is 64.1 cm³/mol. The average molecular weight is 237 g/mol. The smallest absolute Gasteiger partial charge is 0.329 e. The highest BCUT2D eigenvalue weighted by molar-refractivity contribution is 5.59. The summed E-state index contributed by atoms with van der Waals surface area (Å²) < 4.78 is 0. The first kappa shape index (κ1) is 11.6. The number of hydrogen-bond acceptors (Lipinski definition) is 6. The van der Waals surface area contributed by atoms with Gasteiger partial charge in [-0.25, -0.2) is 4.98 Å². The van der Waals surface area contributed by atoms with Gasteiger partial charge in [-0.1, -0.05) is 0 Å². The molecule has 0 spiro atoms. The van der Waals surface area contributed by atoms with Crippen LogP contribution in [0.15, 0.2) is 6.20 Å². The Morgan fingerprint density at radius 1 is 1.59 bits per heavy atom. The van der Waals surface area contributed by atoms with Crippen LogP contribution in [0.4, 0.5) is 17.5 Å². The van der Waals surface area contributed by atoms with Crippen LogP contribution >= 0.6 is 0 Å². The summed E-state index contributed by atoms with van der Waals surface area (Å²) in [5.41, 5.74) is -0.137. The van der Waals surface area contributed by atoms with Crippen molar-refractivity contribution in [1.29, 1.82) is 0 Å². The van der Waals surface area contributed by atoms with E-state index in [2.05, 4.69) is 20.6 Å². The minimum atomic E-state index is -0.468. The van der Waals surface area contributed by atoms with Gasteiger partial charge in [0.15, 0.2) is 0 Å². The number of hydrogen-bond donors (Lipinski definition) is 2. The molecule has 1 aromatic rings. The molecule has 0 atom stereocenters. The van der Waals surface area contributed by atoms with Crippen molar-refractivity contribution in [3.8, 4) is 0 Å². The molecule has 0 aromatic carbocycles. The van der Waals surface area contributed by atoms with Crippen molar-refractivity contribution >= 4 is 17.5 Å². The molecule has 2 N–H and O–H groups in total. The number of nitro groups is 1. The maximum atomic E-state index is 10.9. The molecule has 7 nitrogen and oxygen atoms in total. The lowest BCUT2D eigenvalue weighted by Crippen LogP contribution is -2.19. The molecule has 92 valence electrons. The Bertz CT molecular complexity index is 444. The van der Waals surface area contributed by atoms with E-state index in [1.54, 1.807) is 0 Å². The van der Waals surface area contributed by atoms with Crippen molar-refractivity contribution in [2.45, 2.75) is 32.2 Å². The highest BCUT2D eigenvalue weighted by Gasteiger charge is 2.39. The van der Waals surface area contributed by atoms with Gasteiger partial charge in [-0.15, -0.1) is 0 Å². The molecule has 0 saturated heterocycles. The molecule has 1 heterocycles. The maximum Gasteiger partial charge on any atom is 0.329 e. The molecule has 1 aliphatic rings. The van der Waals surface area contributed by atoms with E-state index >= 15 is 0 Å². The summed E-state index contributed by atoms with van der Waals surface area (Å²) in [6.45, 7) is 4.61. The summed E-state index contributed by atoms with van der Waals surface area (Å²) in [6, 6.07) is 0. The Morgan fingerprint density at radius 3 is 2.82 bits per heavy atom. The minimum absolute atomic E-state index is 0.0530. The van der Waals surface area contributed by atoms with Crippen LogP contribution in [0.2, 0.25) is 0 Å². The van der Waals surface area contributed by atoms with Crippen molar-refractivity contribution in [1.82, 2.24) is 9.97 Å². The Labute approximate surface area is 98.8 Å². The quantitative estimate of drug-likeness (QED) is 0.599. The van der Waals surface area contributed by atoms with E-state index in [1.165, 1.54) is 6.20 Å². The molecule has 7 heteroatoms.